The van der Waals surface area contributed by atoms with E-state index in [-0.39, 0.29) is 0 Å². The van der Waals surface area contributed by atoms with Crippen molar-refractivity contribution < 1.29 is 9.72 Å². The Balaban J connectivity index is 1.68. The number of H-pyrrole nitrogens is 1. The first-order valence-corrected chi connectivity index (χ1v) is 12.3. The quantitative estimate of drug-likeness (QED) is 0.354. The lowest BCUT2D eigenvalue weighted by molar-refractivity contribution is -0.427. The SMILES string of the molecule is CCCCSc1[nH+]cnc2c1sc1nc(N3CCOCC3)c3c(c12)CCCC3. The van der Waals surface area contributed by atoms with Gasteiger partial charge in [0.2, 0.25) is 5.52 Å². The largest absolute Gasteiger partial charge is 0.378 e. The van der Waals surface area contributed by atoms with E-state index in [0.717, 1.165) is 55.2 Å². The smallest absolute Gasteiger partial charge is 0.285 e. The Kier molecular flexibility index (Phi) is 5.39. The van der Waals surface area contributed by atoms with Gasteiger partial charge in [0.15, 0.2) is 5.03 Å². The highest BCUT2D eigenvalue weighted by atomic mass is 32.2. The molecule has 0 unspecified atom stereocenters. The number of thiophene rings is 1. The summed E-state index contributed by atoms with van der Waals surface area (Å²) in [5.41, 5.74) is 4.12. The second-order valence-corrected chi connectivity index (χ2v) is 9.70. The highest BCUT2D eigenvalue weighted by Gasteiger charge is 2.28. The summed E-state index contributed by atoms with van der Waals surface area (Å²) in [6, 6.07) is 0. The molecule has 28 heavy (non-hydrogen) atoms. The Hall–Kier alpha value is -1.44. The fraction of sp³-hybridized carbons (Fsp3) is 0.571. The summed E-state index contributed by atoms with van der Waals surface area (Å²) >= 11 is 3.73. The van der Waals surface area contributed by atoms with Crippen molar-refractivity contribution in [1.82, 2.24) is 9.97 Å². The highest BCUT2D eigenvalue weighted by Crippen LogP contribution is 2.42. The van der Waals surface area contributed by atoms with Crippen LogP contribution in [0.4, 0.5) is 5.82 Å². The number of hydrogen-bond acceptors (Lipinski definition) is 6. The van der Waals surface area contributed by atoms with Crippen LogP contribution in [0.1, 0.15) is 43.7 Å². The van der Waals surface area contributed by atoms with Gasteiger partial charge in [-0.15, -0.1) is 11.3 Å². The number of aromatic amines is 1. The summed E-state index contributed by atoms with van der Waals surface area (Å²) in [7, 11) is 0. The molecule has 0 atom stereocenters. The van der Waals surface area contributed by atoms with Gasteiger partial charge in [-0.3, -0.25) is 0 Å². The number of hydrogen-bond donors (Lipinski definition) is 0. The molecule has 1 saturated heterocycles. The maximum Gasteiger partial charge on any atom is 0.285 e. The Bertz CT molecular complexity index is 997. The average Bonchev–Trinajstić information content (AvgIpc) is 3.14. The third-order valence-electron chi connectivity index (χ3n) is 5.76. The zero-order chi connectivity index (χ0) is 18.9. The lowest BCUT2D eigenvalue weighted by atomic mass is 9.90. The molecular formula is C21H27N4OS2+. The van der Waals surface area contributed by atoms with Gasteiger partial charge in [0.1, 0.15) is 15.3 Å². The van der Waals surface area contributed by atoms with E-state index in [0.29, 0.717) is 0 Å². The molecule has 0 radical (unpaired) electrons. The molecule has 1 aliphatic heterocycles. The summed E-state index contributed by atoms with van der Waals surface area (Å²) in [6.07, 6.45) is 9.15. The summed E-state index contributed by atoms with van der Waals surface area (Å²) in [6.45, 7) is 5.74. The van der Waals surface area contributed by atoms with Crippen molar-refractivity contribution in [2.45, 2.75) is 50.5 Å². The average molecular weight is 416 g/mol. The fourth-order valence-corrected chi connectivity index (χ4v) is 6.67. The maximum absolute atomic E-state index is 5.58. The van der Waals surface area contributed by atoms with Crippen molar-refractivity contribution in [3.05, 3.63) is 17.5 Å². The van der Waals surface area contributed by atoms with Crippen molar-refractivity contribution in [2.75, 3.05) is 37.0 Å². The molecule has 1 fully saturated rings. The normalized spacial score (nSPS) is 17.4. The van der Waals surface area contributed by atoms with Gasteiger partial charge in [0.05, 0.1) is 18.6 Å². The Labute approximate surface area is 173 Å². The van der Waals surface area contributed by atoms with Crippen LogP contribution >= 0.6 is 23.1 Å². The first kappa shape index (κ1) is 18.6. The summed E-state index contributed by atoms with van der Waals surface area (Å²) in [4.78, 5) is 17.0. The molecular weight excluding hydrogens is 388 g/mol. The minimum absolute atomic E-state index is 0.801. The molecule has 148 valence electrons. The number of nitrogens with one attached hydrogen (secondary N) is 1. The molecule has 5 nitrogen and oxygen atoms in total. The van der Waals surface area contributed by atoms with Gasteiger partial charge in [0.25, 0.3) is 6.33 Å². The number of aryl methyl sites for hydroxylation is 1. The maximum atomic E-state index is 5.58. The van der Waals surface area contributed by atoms with Gasteiger partial charge in [-0.1, -0.05) is 25.1 Å². The molecule has 5 rings (SSSR count). The molecule has 0 bridgehead atoms. The molecule has 2 aliphatic rings. The van der Waals surface area contributed by atoms with Crippen molar-refractivity contribution in [2.24, 2.45) is 0 Å². The van der Waals surface area contributed by atoms with Gasteiger partial charge >= 0.3 is 0 Å². The molecule has 0 aromatic carbocycles. The summed E-state index contributed by atoms with van der Waals surface area (Å²) in [5, 5.41) is 2.57. The molecule has 1 aliphatic carbocycles. The topological polar surface area (TPSA) is 52.4 Å². The first-order valence-electron chi connectivity index (χ1n) is 10.5. The Morgan fingerprint density at radius 1 is 1.21 bits per heavy atom. The molecule has 4 heterocycles. The van der Waals surface area contributed by atoms with Crippen LogP contribution in [0, 0.1) is 0 Å². The van der Waals surface area contributed by atoms with E-state index in [1.165, 1.54) is 57.7 Å². The lowest BCUT2D eigenvalue weighted by Gasteiger charge is -2.31. The fourth-order valence-electron chi connectivity index (χ4n) is 4.31. The number of fused-ring (bicyclic) bond motifs is 5. The monoisotopic (exact) mass is 415 g/mol. The van der Waals surface area contributed by atoms with Gasteiger partial charge in [-0.2, -0.15) is 0 Å². The molecule has 7 heteroatoms. The summed E-state index contributed by atoms with van der Waals surface area (Å²) in [5.74, 6) is 2.35. The van der Waals surface area contributed by atoms with Crippen LogP contribution in [0.2, 0.25) is 0 Å². The Morgan fingerprint density at radius 2 is 2.04 bits per heavy atom. The number of morpholine rings is 1. The number of anilines is 1. The van der Waals surface area contributed by atoms with E-state index < -0.39 is 0 Å². The van der Waals surface area contributed by atoms with Crippen LogP contribution < -0.4 is 9.88 Å². The zero-order valence-corrected chi connectivity index (χ0v) is 18.1. The van der Waals surface area contributed by atoms with E-state index in [1.54, 1.807) is 0 Å². The standard InChI is InChI=1S/C21H26N4OS2/c1-2-3-12-27-21-18-17(22-13-23-21)16-14-6-4-5-7-15(14)19(24-20(16)28-18)25-8-10-26-11-9-25/h13H,2-12H2,1H3/p+1. The number of rotatable bonds is 5. The molecule has 3 aromatic rings. The van der Waals surface area contributed by atoms with Crippen LogP contribution in [0.15, 0.2) is 11.4 Å². The van der Waals surface area contributed by atoms with Crippen LogP contribution in [-0.2, 0) is 17.6 Å². The molecule has 1 N–H and O–H groups in total. The number of pyridine rings is 1. The van der Waals surface area contributed by atoms with Crippen LogP contribution in [0.5, 0.6) is 0 Å². The van der Waals surface area contributed by atoms with Gasteiger partial charge in [0, 0.05) is 18.8 Å². The van der Waals surface area contributed by atoms with Crippen LogP contribution in [-0.4, -0.2) is 42.0 Å². The van der Waals surface area contributed by atoms with Gasteiger partial charge < -0.3 is 9.64 Å². The molecule has 0 spiro atoms. The van der Waals surface area contributed by atoms with E-state index in [2.05, 4.69) is 16.8 Å². The van der Waals surface area contributed by atoms with E-state index in [1.807, 2.05) is 29.4 Å². The minimum atomic E-state index is 0.801. The van der Waals surface area contributed by atoms with Crippen molar-refractivity contribution in [1.29, 1.82) is 0 Å². The van der Waals surface area contributed by atoms with Crippen molar-refractivity contribution >= 4 is 49.3 Å². The van der Waals surface area contributed by atoms with Crippen molar-refractivity contribution in [3.63, 3.8) is 0 Å². The number of thioether (sulfide) groups is 1. The van der Waals surface area contributed by atoms with Gasteiger partial charge in [-0.05, 0) is 48.2 Å². The zero-order valence-electron chi connectivity index (χ0n) is 16.4. The third kappa shape index (κ3) is 3.27. The molecule has 0 saturated carbocycles. The first-order chi connectivity index (χ1) is 13.9. The lowest BCUT2D eigenvalue weighted by Crippen LogP contribution is -2.37. The molecule has 3 aromatic heterocycles. The van der Waals surface area contributed by atoms with Gasteiger partial charge in [-0.25, -0.2) is 9.97 Å². The molecule has 0 amide bonds. The van der Waals surface area contributed by atoms with Crippen LogP contribution in [0.3, 0.4) is 0 Å². The number of ether oxygens (including phenoxy) is 1. The number of aromatic nitrogens is 3. The highest BCUT2D eigenvalue weighted by molar-refractivity contribution is 7.99. The van der Waals surface area contributed by atoms with E-state index in [4.69, 9.17) is 14.7 Å². The van der Waals surface area contributed by atoms with Crippen LogP contribution in [0.25, 0.3) is 20.4 Å². The third-order valence-corrected chi connectivity index (χ3v) is 8.08. The summed E-state index contributed by atoms with van der Waals surface area (Å²) < 4.78 is 6.86. The van der Waals surface area contributed by atoms with Crippen molar-refractivity contribution in [3.8, 4) is 0 Å². The number of unbranched alkanes of at least 4 members (excludes halogenated alkanes) is 1. The predicted molar refractivity (Wildman–Crippen MR) is 117 cm³/mol. The van der Waals surface area contributed by atoms with E-state index >= 15 is 0 Å². The second kappa shape index (κ2) is 8.13. The second-order valence-electron chi connectivity index (χ2n) is 7.59. The number of nitrogens with zero attached hydrogens (tertiary/aromatic N) is 3. The Morgan fingerprint density at radius 3 is 2.86 bits per heavy atom. The van der Waals surface area contributed by atoms with E-state index in [9.17, 15) is 0 Å². The minimum Gasteiger partial charge on any atom is -0.378 e. The predicted octanol–water partition coefficient (Wildman–Crippen LogP) is 4.27.